The van der Waals surface area contributed by atoms with E-state index in [2.05, 4.69) is 5.16 Å². The van der Waals surface area contributed by atoms with E-state index in [-0.39, 0.29) is 41.8 Å². The van der Waals surface area contributed by atoms with E-state index in [0.717, 1.165) is 9.80 Å². The molecule has 15 heteroatoms. The van der Waals surface area contributed by atoms with Gasteiger partial charge in [0.05, 0.1) is 49.2 Å². The zero-order valence-corrected chi connectivity index (χ0v) is 24.3. The third-order valence-electron chi connectivity index (χ3n) is 7.55. The molecular formula is C29H29F6N3O6. The first-order chi connectivity index (χ1) is 20.5. The second-order valence-corrected chi connectivity index (χ2v) is 10.5. The van der Waals surface area contributed by atoms with Gasteiger partial charge in [0.2, 0.25) is 5.91 Å². The van der Waals surface area contributed by atoms with Gasteiger partial charge in [-0.3, -0.25) is 9.69 Å². The third kappa shape index (κ3) is 6.40. The topological polar surface area (TPSA) is 105 Å². The lowest BCUT2D eigenvalue weighted by atomic mass is 9.84. The molecule has 0 fully saturated rings. The van der Waals surface area contributed by atoms with E-state index in [1.165, 1.54) is 26.4 Å². The Labute approximate surface area is 247 Å². The van der Waals surface area contributed by atoms with Crippen molar-refractivity contribution in [3.05, 3.63) is 69.6 Å². The number of aryl methyl sites for hydroxylation is 2. The SMILES string of the molecule is COc1cc2c(cc1OC)N(C(=O)O)C(C)CC2C(=O)N(Cc1cc(C(F)(F)F)cc(C(F)(F)F)c1)Cc1c(C)noc1C. The number of carbonyl (C=O) groups is 2. The van der Waals surface area contributed by atoms with E-state index in [1.54, 1.807) is 20.8 Å². The number of ether oxygens (including phenoxy) is 2. The minimum Gasteiger partial charge on any atom is -0.493 e. The normalized spacial score (nSPS) is 16.8. The van der Waals surface area contributed by atoms with E-state index in [9.17, 15) is 41.0 Å². The summed E-state index contributed by atoms with van der Waals surface area (Å²) in [5.74, 6) is -1.03. The van der Waals surface area contributed by atoms with Crippen molar-refractivity contribution < 1.29 is 55.0 Å². The van der Waals surface area contributed by atoms with Crippen molar-refractivity contribution in [2.24, 2.45) is 0 Å². The maximum atomic E-state index is 14.3. The molecule has 2 unspecified atom stereocenters. The van der Waals surface area contributed by atoms with E-state index in [4.69, 9.17) is 14.0 Å². The first-order valence-corrected chi connectivity index (χ1v) is 13.2. The maximum absolute atomic E-state index is 14.3. The van der Waals surface area contributed by atoms with Crippen LogP contribution in [-0.4, -0.2) is 47.4 Å². The first-order valence-electron chi connectivity index (χ1n) is 13.2. The number of methoxy groups -OCH3 is 2. The molecule has 0 aliphatic carbocycles. The summed E-state index contributed by atoms with van der Waals surface area (Å²) in [6.45, 7) is 3.83. The number of carboxylic acid groups (broad SMARTS) is 1. The van der Waals surface area contributed by atoms with Gasteiger partial charge in [0, 0.05) is 24.2 Å². The second kappa shape index (κ2) is 11.9. The van der Waals surface area contributed by atoms with Gasteiger partial charge >= 0.3 is 18.4 Å². The molecule has 3 aromatic rings. The van der Waals surface area contributed by atoms with Gasteiger partial charge in [-0.15, -0.1) is 0 Å². The standard InChI is InChI=1S/C29H29F6N3O6/c1-14-6-21(20-10-24(42-4)25(43-5)11-23(20)38(14)27(40)41)26(39)37(13-22-15(2)36-44-16(22)3)12-17-7-18(28(30,31)32)9-19(8-17)29(33,34)35/h7-11,14,21H,6,12-13H2,1-5H3,(H,40,41). The van der Waals surface area contributed by atoms with Gasteiger partial charge in [0.25, 0.3) is 0 Å². The first kappa shape index (κ1) is 32.5. The van der Waals surface area contributed by atoms with Crippen molar-refractivity contribution in [1.82, 2.24) is 10.1 Å². The number of rotatable bonds is 7. The predicted octanol–water partition coefficient (Wildman–Crippen LogP) is 6.94. The summed E-state index contributed by atoms with van der Waals surface area (Å²) in [5.41, 5.74) is -2.28. The average Bonchev–Trinajstić information content (AvgIpc) is 3.26. The number of fused-ring (bicyclic) bond motifs is 1. The smallest absolute Gasteiger partial charge is 0.416 e. The summed E-state index contributed by atoms with van der Waals surface area (Å²) < 4.78 is 97.7. The Balaban J connectivity index is 1.87. The van der Waals surface area contributed by atoms with Crippen molar-refractivity contribution in [2.75, 3.05) is 19.1 Å². The average molecular weight is 630 g/mol. The molecule has 2 aromatic carbocycles. The molecule has 1 aromatic heterocycles. The monoisotopic (exact) mass is 629 g/mol. The van der Waals surface area contributed by atoms with Crippen molar-refractivity contribution in [3.63, 3.8) is 0 Å². The molecule has 0 bridgehead atoms. The van der Waals surface area contributed by atoms with Crippen LogP contribution in [0.25, 0.3) is 0 Å². The summed E-state index contributed by atoms with van der Waals surface area (Å²) in [6, 6.07) is 3.26. The minimum atomic E-state index is -5.08. The number of benzene rings is 2. The molecule has 1 aliphatic rings. The van der Waals surface area contributed by atoms with Crippen LogP contribution < -0.4 is 14.4 Å². The van der Waals surface area contributed by atoms with Crippen molar-refractivity contribution in [3.8, 4) is 11.5 Å². The number of aromatic nitrogens is 1. The lowest BCUT2D eigenvalue weighted by Crippen LogP contribution is -2.46. The molecule has 9 nitrogen and oxygen atoms in total. The van der Waals surface area contributed by atoms with Crippen LogP contribution in [0, 0.1) is 13.8 Å². The Kier molecular flexibility index (Phi) is 8.80. The van der Waals surface area contributed by atoms with Gasteiger partial charge < -0.3 is 24.0 Å². The third-order valence-corrected chi connectivity index (χ3v) is 7.55. The fourth-order valence-electron chi connectivity index (χ4n) is 5.39. The molecule has 0 saturated carbocycles. The van der Waals surface area contributed by atoms with Crippen LogP contribution in [0.4, 0.5) is 36.8 Å². The van der Waals surface area contributed by atoms with Crippen LogP contribution >= 0.6 is 0 Å². The highest BCUT2D eigenvalue weighted by Crippen LogP contribution is 2.46. The summed E-state index contributed by atoms with van der Waals surface area (Å²) >= 11 is 0. The Morgan fingerprint density at radius 3 is 2.02 bits per heavy atom. The number of nitrogens with zero attached hydrogens (tertiary/aromatic N) is 3. The van der Waals surface area contributed by atoms with E-state index >= 15 is 0 Å². The van der Waals surface area contributed by atoms with Crippen LogP contribution in [0.2, 0.25) is 0 Å². The lowest BCUT2D eigenvalue weighted by molar-refractivity contribution is -0.143. The van der Waals surface area contributed by atoms with Gasteiger partial charge in [-0.25, -0.2) is 4.79 Å². The van der Waals surface area contributed by atoms with Gasteiger partial charge in [0.15, 0.2) is 11.5 Å². The summed E-state index contributed by atoms with van der Waals surface area (Å²) in [4.78, 5) is 28.7. The molecule has 2 amide bonds. The van der Waals surface area contributed by atoms with Crippen molar-refractivity contribution in [2.45, 2.75) is 64.6 Å². The molecule has 2 heterocycles. The van der Waals surface area contributed by atoms with E-state index < -0.39 is 59.5 Å². The molecule has 1 N–H and O–H groups in total. The Hall–Kier alpha value is -4.43. The molecule has 2 atom stereocenters. The molecule has 238 valence electrons. The lowest BCUT2D eigenvalue weighted by Gasteiger charge is -2.39. The van der Waals surface area contributed by atoms with Crippen molar-refractivity contribution in [1.29, 1.82) is 0 Å². The molecule has 4 rings (SSSR count). The number of hydrogen-bond acceptors (Lipinski definition) is 6. The molecular weight excluding hydrogens is 600 g/mol. The summed E-state index contributed by atoms with van der Waals surface area (Å²) in [6.07, 6.45) is -11.5. The summed E-state index contributed by atoms with van der Waals surface area (Å²) in [7, 11) is 2.69. The number of carbonyl (C=O) groups excluding carboxylic acids is 1. The quantitative estimate of drug-likeness (QED) is 0.283. The van der Waals surface area contributed by atoms with Gasteiger partial charge in [-0.1, -0.05) is 5.16 Å². The fourth-order valence-corrected chi connectivity index (χ4v) is 5.39. The molecule has 44 heavy (non-hydrogen) atoms. The Morgan fingerprint density at radius 1 is 0.977 bits per heavy atom. The zero-order chi connectivity index (χ0) is 32.7. The van der Waals surface area contributed by atoms with Crippen LogP contribution in [-0.2, 0) is 30.2 Å². The number of amides is 2. The van der Waals surface area contributed by atoms with Crippen LogP contribution in [0.3, 0.4) is 0 Å². The fraction of sp³-hybridized carbons (Fsp3) is 0.414. The summed E-state index contributed by atoms with van der Waals surface area (Å²) in [5, 5.41) is 13.8. The highest BCUT2D eigenvalue weighted by atomic mass is 19.4. The number of halogens is 6. The minimum absolute atomic E-state index is 0.0170. The van der Waals surface area contributed by atoms with E-state index in [0.29, 0.717) is 29.2 Å². The number of alkyl halides is 6. The van der Waals surface area contributed by atoms with Gasteiger partial charge in [0.1, 0.15) is 5.76 Å². The van der Waals surface area contributed by atoms with Crippen LogP contribution in [0.1, 0.15) is 58.5 Å². The van der Waals surface area contributed by atoms with Crippen molar-refractivity contribution >= 4 is 17.7 Å². The highest BCUT2D eigenvalue weighted by molar-refractivity contribution is 5.94. The second-order valence-electron chi connectivity index (χ2n) is 10.5. The predicted molar refractivity (Wildman–Crippen MR) is 144 cm³/mol. The van der Waals surface area contributed by atoms with Crippen LogP contribution in [0.15, 0.2) is 34.9 Å². The van der Waals surface area contributed by atoms with Crippen LogP contribution in [0.5, 0.6) is 11.5 Å². The zero-order valence-electron chi connectivity index (χ0n) is 24.3. The highest BCUT2D eigenvalue weighted by Gasteiger charge is 2.41. The molecule has 0 radical (unpaired) electrons. The number of hydrogen-bond donors (Lipinski definition) is 1. The Bertz CT molecular complexity index is 1520. The largest absolute Gasteiger partial charge is 0.493 e. The molecule has 1 aliphatic heterocycles. The number of anilines is 1. The molecule has 0 saturated heterocycles. The van der Waals surface area contributed by atoms with Gasteiger partial charge in [-0.2, -0.15) is 26.3 Å². The Morgan fingerprint density at radius 2 is 1.55 bits per heavy atom. The molecule has 0 spiro atoms. The van der Waals surface area contributed by atoms with E-state index in [1.807, 2.05) is 0 Å². The maximum Gasteiger partial charge on any atom is 0.416 e. The van der Waals surface area contributed by atoms with Gasteiger partial charge in [-0.05, 0) is 62.6 Å².